The summed E-state index contributed by atoms with van der Waals surface area (Å²) in [5.74, 6) is 7.44. The number of nitrogens with zero attached hydrogens (tertiary/aromatic N) is 2. The lowest BCUT2D eigenvalue weighted by atomic mass is 9.99. The van der Waals surface area contributed by atoms with Crippen LogP contribution in [0, 0.1) is 17.8 Å². The quantitative estimate of drug-likeness (QED) is 0.220. The molecule has 3 heteroatoms. The molecule has 0 atom stereocenters. The zero-order valence-electron chi connectivity index (χ0n) is 23.8. The zero-order chi connectivity index (χ0) is 26.5. The van der Waals surface area contributed by atoms with Gasteiger partial charge in [0.1, 0.15) is 0 Å². The molecule has 37 heavy (non-hydrogen) atoms. The number of unbranched alkanes of at least 4 members (excludes halogenated alkanes) is 3. The molecule has 2 aromatic rings. The topological polar surface area (TPSA) is 23.6 Å². The Labute approximate surface area is 226 Å². The minimum Gasteiger partial charge on any atom is -0.331 e. The van der Waals surface area contributed by atoms with E-state index in [2.05, 4.69) is 85.7 Å². The molecule has 200 valence electrons. The van der Waals surface area contributed by atoms with Crippen LogP contribution in [0.2, 0.25) is 0 Å². The normalized spacial score (nSPS) is 14.4. The average Bonchev–Trinajstić information content (AvgIpc) is 2.91. The van der Waals surface area contributed by atoms with E-state index in [0.717, 1.165) is 74.3 Å². The van der Waals surface area contributed by atoms with Crippen molar-refractivity contribution >= 4 is 5.91 Å². The van der Waals surface area contributed by atoms with Gasteiger partial charge >= 0.3 is 0 Å². The first-order chi connectivity index (χ1) is 18.0. The lowest BCUT2D eigenvalue weighted by Gasteiger charge is -2.39. The maximum atomic E-state index is 13.9. The summed E-state index contributed by atoms with van der Waals surface area (Å²) in [6, 6.07) is 17.1. The summed E-state index contributed by atoms with van der Waals surface area (Å²) in [5, 5.41) is 0. The zero-order valence-corrected chi connectivity index (χ0v) is 23.8. The van der Waals surface area contributed by atoms with E-state index in [1.165, 1.54) is 31.2 Å². The van der Waals surface area contributed by atoms with Crippen molar-refractivity contribution in [3.8, 4) is 11.8 Å². The number of carbonyl (C=O) groups is 1. The molecule has 0 bridgehead atoms. The second-order valence-electron chi connectivity index (χ2n) is 11.1. The van der Waals surface area contributed by atoms with Crippen LogP contribution in [-0.2, 0) is 13.0 Å². The third-order valence-electron chi connectivity index (χ3n) is 7.44. The van der Waals surface area contributed by atoms with Gasteiger partial charge in [-0.25, -0.2) is 0 Å². The number of rotatable bonds is 12. The molecule has 3 nitrogen and oxygen atoms in total. The first kappa shape index (κ1) is 29.0. The molecular formula is C34H48N2O. The maximum Gasteiger partial charge on any atom is 0.254 e. The Hall–Kier alpha value is -2.57. The summed E-state index contributed by atoms with van der Waals surface area (Å²) >= 11 is 0. The van der Waals surface area contributed by atoms with Crippen molar-refractivity contribution in [1.82, 2.24) is 9.80 Å². The Bertz CT molecular complexity index is 1010. The molecule has 0 aromatic heterocycles. The molecule has 0 spiro atoms. The van der Waals surface area contributed by atoms with Gasteiger partial charge in [-0.3, -0.25) is 4.79 Å². The van der Waals surface area contributed by atoms with Gasteiger partial charge in [0.05, 0.1) is 0 Å². The van der Waals surface area contributed by atoms with Gasteiger partial charge < -0.3 is 9.80 Å². The van der Waals surface area contributed by atoms with Crippen LogP contribution >= 0.6 is 0 Å². The molecule has 1 heterocycles. The Balaban J connectivity index is 1.75. The SMILES string of the molecule is CCCC#Cc1cccc(CN(C(=O)c2ccc(CCCCC)cc2)C2CCN(CCC(C)C)CC2)c1. The summed E-state index contributed by atoms with van der Waals surface area (Å²) in [6.45, 7) is 12.9. The van der Waals surface area contributed by atoms with Gasteiger partial charge in [-0.05, 0) is 86.4 Å². The Kier molecular flexibility index (Phi) is 12.2. The molecule has 3 rings (SSSR count). The van der Waals surface area contributed by atoms with Crippen molar-refractivity contribution in [2.24, 2.45) is 5.92 Å². The van der Waals surface area contributed by atoms with Crippen LogP contribution in [0.25, 0.3) is 0 Å². The fourth-order valence-electron chi connectivity index (χ4n) is 5.05. The van der Waals surface area contributed by atoms with Crippen LogP contribution in [0.5, 0.6) is 0 Å². The minimum absolute atomic E-state index is 0.156. The van der Waals surface area contributed by atoms with Gasteiger partial charge in [-0.2, -0.15) is 0 Å². The van der Waals surface area contributed by atoms with Gasteiger partial charge in [0.15, 0.2) is 0 Å². The largest absolute Gasteiger partial charge is 0.331 e. The van der Waals surface area contributed by atoms with E-state index in [0.29, 0.717) is 6.54 Å². The number of aryl methyl sites for hydroxylation is 1. The van der Waals surface area contributed by atoms with E-state index in [4.69, 9.17) is 0 Å². The smallest absolute Gasteiger partial charge is 0.254 e. The molecule has 0 aliphatic carbocycles. The van der Waals surface area contributed by atoms with E-state index < -0.39 is 0 Å². The van der Waals surface area contributed by atoms with Crippen molar-refractivity contribution < 1.29 is 4.79 Å². The van der Waals surface area contributed by atoms with Crippen molar-refractivity contribution in [2.75, 3.05) is 19.6 Å². The molecule has 0 N–H and O–H groups in total. The van der Waals surface area contributed by atoms with Crippen LogP contribution in [0.4, 0.5) is 0 Å². The number of hydrogen-bond acceptors (Lipinski definition) is 2. The Morgan fingerprint density at radius 1 is 1.00 bits per heavy atom. The van der Waals surface area contributed by atoms with Gasteiger partial charge in [0.2, 0.25) is 0 Å². The minimum atomic E-state index is 0.156. The predicted octanol–water partition coefficient (Wildman–Crippen LogP) is 7.72. The molecule has 2 aromatic carbocycles. The Morgan fingerprint density at radius 2 is 1.76 bits per heavy atom. The van der Waals surface area contributed by atoms with Crippen molar-refractivity contribution in [1.29, 1.82) is 0 Å². The third-order valence-corrected chi connectivity index (χ3v) is 7.44. The van der Waals surface area contributed by atoms with Crippen molar-refractivity contribution in [3.63, 3.8) is 0 Å². The second kappa shape index (κ2) is 15.6. The van der Waals surface area contributed by atoms with Gasteiger partial charge in [-0.1, -0.05) is 76.6 Å². The summed E-state index contributed by atoms with van der Waals surface area (Å²) in [4.78, 5) is 18.6. The number of hydrogen-bond donors (Lipinski definition) is 0. The third kappa shape index (κ3) is 9.67. The van der Waals surface area contributed by atoms with Crippen LogP contribution < -0.4 is 0 Å². The highest BCUT2D eigenvalue weighted by molar-refractivity contribution is 5.94. The van der Waals surface area contributed by atoms with Gasteiger partial charge in [0.25, 0.3) is 5.91 Å². The van der Waals surface area contributed by atoms with Crippen LogP contribution in [0.15, 0.2) is 48.5 Å². The monoisotopic (exact) mass is 500 g/mol. The summed E-state index contributed by atoms with van der Waals surface area (Å²) in [5.41, 5.74) is 4.34. The summed E-state index contributed by atoms with van der Waals surface area (Å²) in [7, 11) is 0. The molecule has 1 aliphatic heterocycles. The van der Waals surface area contributed by atoms with E-state index in [1.54, 1.807) is 0 Å². The molecule has 1 aliphatic rings. The van der Waals surface area contributed by atoms with E-state index >= 15 is 0 Å². The highest BCUT2D eigenvalue weighted by atomic mass is 16.2. The van der Waals surface area contributed by atoms with Crippen molar-refractivity contribution in [3.05, 3.63) is 70.8 Å². The summed E-state index contributed by atoms with van der Waals surface area (Å²) < 4.78 is 0. The van der Waals surface area contributed by atoms with Crippen molar-refractivity contribution in [2.45, 2.75) is 98.1 Å². The first-order valence-corrected chi connectivity index (χ1v) is 14.7. The standard InChI is InChI=1S/C34H48N2O/c1-5-7-9-12-29-16-18-32(19-17-29)34(37)36(33-21-24-35(25-22-33)23-20-28(3)4)27-31-15-11-14-30(26-31)13-10-8-6-2/h11,14-19,26,28,33H,5-9,12,20-25,27H2,1-4H3. The number of carbonyl (C=O) groups excluding carboxylic acids is 1. The fourth-order valence-corrected chi connectivity index (χ4v) is 5.05. The molecule has 0 saturated carbocycles. The van der Waals surface area contributed by atoms with Gasteiger partial charge in [-0.15, -0.1) is 0 Å². The van der Waals surface area contributed by atoms with Gasteiger partial charge in [0, 0.05) is 43.2 Å². The van der Waals surface area contributed by atoms with E-state index in [9.17, 15) is 4.79 Å². The first-order valence-electron chi connectivity index (χ1n) is 14.7. The number of likely N-dealkylation sites (tertiary alicyclic amines) is 1. The number of piperidine rings is 1. The molecule has 1 amide bonds. The lowest BCUT2D eigenvalue weighted by molar-refractivity contribution is 0.0546. The highest BCUT2D eigenvalue weighted by Gasteiger charge is 2.29. The molecule has 1 fully saturated rings. The number of amides is 1. The van der Waals surface area contributed by atoms with Crippen LogP contribution in [-0.4, -0.2) is 41.4 Å². The summed E-state index contributed by atoms with van der Waals surface area (Å²) in [6.07, 6.45) is 10.1. The average molecular weight is 501 g/mol. The van der Waals surface area contributed by atoms with E-state index in [1.807, 2.05) is 12.1 Å². The second-order valence-corrected chi connectivity index (χ2v) is 11.1. The number of benzene rings is 2. The molecular weight excluding hydrogens is 452 g/mol. The van der Waals surface area contributed by atoms with Crippen LogP contribution in [0.1, 0.15) is 106 Å². The predicted molar refractivity (Wildman–Crippen MR) is 157 cm³/mol. The molecule has 0 radical (unpaired) electrons. The maximum absolute atomic E-state index is 13.9. The molecule has 1 saturated heterocycles. The lowest BCUT2D eigenvalue weighted by Crippen LogP contribution is -2.47. The highest BCUT2D eigenvalue weighted by Crippen LogP contribution is 2.23. The fraction of sp³-hybridized carbons (Fsp3) is 0.559. The Morgan fingerprint density at radius 3 is 2.43 bits per heavy atom. The van der Waals surface area contributed by atoms with E-state index in [-0.39, 0.29) is 11.9 Å². The molecule has 0 unspecified atom stereocenters. The van der Waals surface area contributed by atoms with Crippen LogP contribution in [0.3, 0.4) is 0 Å².